The molecule has 0 spiro atoms. The van der Waals surface area contributed by atoms with Gasteiger partial charge in [-0.2, -0.15) is 5.10 Å². The molecular formula is C16H22FN3. The Bertz CT molecular complexity index is 545. The van der Waals surface area contributed by atoms with Gasteiger partial charge in [0.15, 0.2) is 0 Å². The summed E-state index contributed by atoms with van der Waals surface area (Å²) < 4.78 is 14.9. The summed E-state index contributed by atoms with van der Waals surface area (Å²) in [6.07, 6.45) is 1.77. The highest BCUT2D eigenvalue weighted by Crippen LogP contribution is 2.15. The molecule has 3 nitrogen and oxygen atoms in total. The predicted molar refractivity (Wildman–Crippen MR) is 79.0 cm³/mol. The van der Waals surface area contributed by atoms with Gasteiger partial charge in [-0.1, -0.05) is 12.1 Å². The van der Waals surface area contributed by atoms with Crippen LogP contribution in [-0.4, -0.2) is 16.3 Å². The van der Waals surface area contributed by atoms with Crippen molar-refractivity contribution < 1.29 is 4.39 Å². The molecule has 0 aliphatic heterocycles. The molecule has 1 heterocycles. The molecule has 0 saturated carbocycles. The molecule has 1 atom stereocenters. The third-order valence-electron chi connectivity index (χ3n) is 3.55. The minimum Gasteiger partial charge on any atom is -0.330 e. The molecule has 0 radical (unpaired) electrons. The van der Waals surface area contributed by atoms with Crippen LogP contribution in [0.2, 0.25) is 0 Å². The Kier molecular flexibility index (Phi) is 4.90. The van der Waals surface area contributed by atoms with Gasteiger partial charge in [-0.25, -0.2) is 4.39 Å². The molecule has 2 N–H and O–H groups in total. The van der Waals surface area contributed by atoms with E-state index in [1.807, 2.05) is 23.7 Å². The Morgan fingerprint density at radius 2 is 1.95 bits per heavy atom. The van der Waals surface area contributed by atoms with Gasteiger partial charge in [-0.05, 0) is 62.9 Å². The maximum atomic E-state index is 12.9. The van der Waals surface area contributed by atoms with Crippen molar-refractivity contribution in [1.82, 2.24) is 9.78 Å². The number of halogens is 1. The maximum absolute atomic E-state index is 12.9. The minimum atomic E-state index is -0.197. The van der Waals surface area contributed by atoms with Crippen LogP contribution in [0.15, 0.2) is 30.3 Å². The third-order valence-corrected chi connectivity index (χ3v) is 3.55. The highest BCUT2D eigenvalue weighted by molar-refractivity contribution is 5.18. The number of rotatable bonds is 6. The van der Waals surface area contributed by atoms with Crippen molar-refractivity contribution >= 4 is 0 Å². The van der Waals surface area contributed by atoms with Gasteiger partial charge in [-0.15, -0.1) is 0 Å². The first-order chi connectivity index (χ1) is 9.62. The lowest BCUT2D eigenvalue weighted by Crippen LogP contribution is -2.21. The molecular weight excluding hydrogens is 253 g/mol. The average molecular weight is 275 g/mol. The van der Waals surface area contributed by atoms with Crippen LogP contribution in [-0.2, 0) is 19.4 Å². The molecule has 0 fully saturated rings. The molecule has 0 aliphatic carbocycles. The van der Waals surface area contributed by atoms with E-state index in [0.717, 1.165) is 30.6 Å². The van der Waals surface area contributed by atoms with E-state index in [1.54, 1.807) is 0 Å². The fraction of sp³-hybridized carbons (Fsp3) is 0.438. The van der Waals surface area contributed by atoms with Crippen LogP contribution in [0.5, 0.6) is 0 Å². The standard InChI is InChI=1S/C16H22FN3/c1-3-20-16(8-12(2)19-20)10-14(11-18)9-13-4-6-15(17)7-5-13/h4-8,14H,3,9-11,18H2,1-2H3. The highest BCUT2D eigenvalue weighted by Gasteiger charge is 2.13. The van der Waals surface area contributed by atoms with Crippen molar-refractivity contribution in [2.75, 3.05) is 6.54 Å². The number of nitrogens with two attached hydrogens (primary N) is 1. The van der Waals surface area contributed by atoms with Crippen LogP contribution in [0.4, 0.5) is 4.39 Å². The fourth-order valence-corrected chi connectivity index (χ4v) is 2.53. The lowest BCUT2D eigenvalue weighted by molar-refractivity contribution is 0.498. The maximum Gasteiger partial charge on any atom is 0.123 e. The zero-order chi connectivity index (χ0) is 14.5. The van der Waals surface area contributed by atoms with Crippen LogP contribution >= 0.6 is 0 Å². The van der Waals surface area contributed by atoms with Crippen LogP contribution in [0.25, 0.3) is 0 Å². The first-order valence-corrected chi connectivity index (χ1v) is 7.10. The van der Waals surface area contributed by atoms with Crippen LogP contribution in [0, 0.1) is 18.7 Å². The number of nitrogens with zero attached hydrogens (tertiary/aromatic N) is 2. The average Bonchev–Trinajstić information content (AvgIpc) is 2.80. The van der Waals surface area contributed by atoms with Crippen molar-refractivity contribution in [3.8, 4) is 0 Å². The summed E-state index contributed by atoms with van der Waals surface area (Å²) in [7, 11) is 0. The summed E-state index contributed by atoms with van der Waals surface area (Å²) in [6, 6.07) is 8.80. The van der Waals surface area contributed by atoms with E-state index in [4.69, 9.17) is 5.73 Å². The fourth-order valence-electron chi connectivity index (χ4n) is 2.53. The van der Waals surface area contributed by atoms with E-state index in [0.29, 0.717) is 12.5 Å². The lowest BCUT2D eigenvalue weighted by Gasteiger charge is -2.15. The topological polar surface area (TPSA) is 43.8 Å². The van der Waals surface area contributed by atoms with Crippen LogP contribution in [0.1, 0.15) is 23.9 Å². The molecule has 0 saturated heterocycles. The predicted octanol–water partition coefficient (Wildman–Crippen LogP) is 2.71. The highest BCUT2D eigenvalue weighted by atomic mass is 19.1. The zero-order valence-electron chi connectivity index (χ0n) is 12.1. The van der Waals surface area contributed by atoms with Gasteiger partial charge in [0.25, 0.3) is 0 Å². The molecule has 0 aliphatic rings. The Hall–Kier alpha value is -1.68. The number of aryl methyl sites for hydroxylation is 2. The summed E-state index contributed by atoms with van der Waals surface area (Å²) >= 11 is 0. The van der Waals surface area contributed by atoms with E-state index < -0.39 is 0 Å². The summed E-state index contributed by atoms with van der Waals surface area (Å²) in [5.41, 5.74) is 9.28. The first-order valence-electron chi connectivity index (χ1n) is 7.10. The second-order valence-electron chi connectivity index (χ2n) is 5.23. The molecule has 2 rings (SSSR count). The summed E-state index contributed by atoms with van der Waals surface area (Å²) in [4.78, 5) is 0. The zero-order valence-corrected chi connectivity index (χ0v) is 12.1. The largest absolute Gasteiger partial charge is 0.330 e. The van der Waals surface area contributed by atoms with Gasteiger partial charge < -0.3 is 5.73 Å². The minimum absolute atomic E-state index is 0.197. The number of hydrogen-bond donors (Lipinski definition) is 1. The Morgan fingerprint density at radius 1 is 1.25 bits per heavy atom. The molecule has 2 aromatic rings. The Balaban J connectivity index is 2.06. The normalized spacial score (nSPS) is 12.6. The third kappa shape index (κ3) is 3.67. The van der Waals surface area contributed by atoms with Crippen molar-refractivity contribution in [2.45, 2.75) is 33.2 Å². The molecule has 0 bridgehead atoms. The number of aromatic nitrogens is 2. The van der Waals surface area contributed by atoms with Gasteiger partial charge >= 0.3 is 0 Å². The van der Waals surface area contributed by atoms with Gasteiger partial charge in [-0.3, -0.25) is 4.68 Å². The van der Waals surface area contributed by atoms with E-state index in [-0.39, 0.29) is 5.82 Å². The SMILES string of the molecule is CCn1nc(C)cc1CC(CN)Cc1ccc(F)cc1. The van der Waals surface area contributed by atoms with Gasteiger partial charge in [0.05, 0.1) is 5.69 Å². The molecule has 4 heteroatoms. The van der Waals surface area contributed by atoms with Crippen LogP contribution in [0.3, 0.4) is 0 Å². The molecule has 108 valence electrons. The van der Waals surface area contributed by atoms with Crippen molar-refractivity contribution in [3.05, 3.63) is 53.1 Å². The molecule has 1 aromatic heterocycles. The van der Waals surface area contributed by atoms with E-state index in [9.17, 15) is 4.39 Å². The van der Waals surface area contributed by atoms with Gasteiger partial charge in [0.2, 0.25) is 0 Å². The lowest BCUT2D eigenvalue weighted by atomic mass is 9.94. The number of hydrogen-bond acceptors (Lipinski definition) is 2. The van der Waals surface area contributed by atoms with Crippen LogP contribution < -0.4 is 5.73 Å². The summed E-state index contributed by atoms with van der Waals surface area (Å²) in [5, 5.41) is 4.46. The van der Waals surface area contributed by atoms with E-state index in [2.05, 4.69) is 18.1 Å². The van der Waals surface area contributed by atoms with E-state index >= 15 is 0 Å². The van der Waals surface area contributed by atoms with E-state index in [1.165, 1.54) is 17.8 Å². The van der Waals surface area contributed by atoms with Gasteiger partial charge in [0.1, 0.15) is 5.82 Å². The molecule has 0 amide bonds. The van der Waals surface area contributed by atoms with Gasteiger partial charge in [0, 0.05) is 12.2 Å². The number of benzene rings is 1. The van der Waals surface area contributed by atoms with Crippen molar-refractivity contribution in [1.29, 1.82) is 0 Å². The summed E-state index contributed by atoms with van der Waals surface area (Å²) in [6.45, 7) is 5.59. The first kappa shape index (κ1) is 14.7. The summed E-state index contributed by atoms with van der Waals surface area (Å²) in [5.74, 6) is 0.152. The Labute approximate surface area is 119 Å². The smallest absolute Gasteiger partial charge is 0.123 e. The molecule has 1 aromatic carbocycles. The quantitative estimate of drug-likeness (QED) is 0.881. The molecule has 1 unspecified atom stereocenters. The van der Waals surface area contributed by atoms with Crippen molar-refractivity contribution in [2.24, 2.45) is 11.7 Å². The second-order valence-corrected chi connectivity index (χ2v) is 5.23. The molecule has 20 heavy (non-hydrogen) atoms. The second kappa shape index (κ2) is 6.66. The van der Waals surface area contributed by atoms with Crippen molar-refractivity contribution in [3.63, 3.8) is 0 Å². The Morgan fingerprint density at radius 3 is 2.55 bits per heavy atom. The monoisotopic (exact) mass is 275 g/mol.